The minimum atomic E-state index is -5.00. The summed E-state index contributed by atoms with van der Waals surface area (Å²) in [5, 5.41) is 5.02. The number of nitrogens with zero attached hydrogens (tertiary/aromatic N) is 5. The van der Waals surface area contributed by atoms with E-state index in [2.05, 4.69) is 32.0 Å². The van der Waals surface area contributed by atoms with Crippen LogP contribution in [0.3, 0.4) is 0 Å². The van der Waals surface area contributed by atoms with Gasteiger partial charge in [0.2, 0.25) is 5.95 Å². The molecule has 1 saturated heterocycles. The lowest BCUT2D eigenvalue weighted by Gasteiger charge is -2.28. The lowest BCUT2D eigenvalue weighted by atomic mass is 10.3. The second kappa shape index (κ2) is 9.67. The van der Waals surface area contributed by atoms with Gasteiger partial charge in [-0.2, -0.15) is 23.1 Å². The smallest absolute Gasteiger partial charge is 0.425 e. The Kier molecular flexibility index (Phi) is 6.65. The van der Waals surface area contributed by atoms with Gasteiger partial charge >= 0.3 is 18.1 Å². The average molecular weight is 489 g/mol. The van der Waals surface area contributed by atoms with Crippen LogP contribution in [0.25, 0.3) is 11.2 Å². The summed E-state index contributed by atoms with van der Waals surface area (Å²) in [6, 6.07) is 5.15. The maximum absolute atomic E-state index is 13.2. The molecule has 2 N–H and O–H groups in total. The van der Waals surface area contributed by atoms with Crippen LogP contribution in [0, 0.1) is 11.8 Å². The number of hydrogen-bond donors (Lipinski definition) is 2. The van der Waals surface area contributed by atoms with Crippen molar-refractivity contribution in [3.8, 4) is 23.6 Å². The molecule has 184 valence electrons. The van der Waals surface area contributed by atoms with Crippen LogP contribution in [0.15, 0.2) is 29.1 Å². The molecule has 35 heavy (non-hydrogen) atoms. The highest BCUT2D eigenvalue weighted by Gasteiger charge is 2.38. The van der Waals surface area contributed by atoms with Gasteiger partial charge in [0.25, 0.3) is 5.56 Å². The van der Waals surface area contributed by atoms with E-state index in [1.54, 1.807) is 16.8 Å². The van der Waals surface area contributed by atoms with Gasteiger partial charge in [-0.15, -0.1) is 5.92 Å². The monoisotopic (exact) mass is 489 g/mol. The number of carbonyl (C=O) groups excluding carboxylic acids is 1. The Morgan fingerprint density at radius 1 is 1.20 bits per heavy atom. The number of fused-ring (bicyclic) bond motifs is 1. The number of amides is 1. The summed E-state index contributed by atoms with van der Waals surface area (Å²) in [4.78, 5) is 35.4. The highest BCUT2D eigenvalue weighted by molar-refractivity contribution is 5.94. The van der Waals surface area contributed by atoms with Crippen molar-refractivity contribution in [1.82, 2.24) is 24.4 Å². The zero-order chi connectivity index (χ0) is 25.2. The number of benzene rings is 1. The predicted octanol–water partition coefficient (Wildman–Crippen LogP) is 1.86. The molecule has 13 heteroatoms. The molecule has 1 aliphatic rings. The number of hydrogen-bond acceptors (Lipinski definition) is 7. The molecule has 1 aromatic carbocycles. The third kappa shape index (κ3) is 5.07. The summed E-state index contributed by atoms with van der Waals surface area (Å²) in [6.07, 6.45) is -5.00. The molecule has 1 amide bonds. The molecule has 10 nitrogen and oxygen atoms in total. The molecular formula is C22H22F3N7O3. The molecule has 1 aliphatic heterocycles. The third-order valence-corrected chi connectivity index (χ3v) is 5.32. The van der Waals surface area contributed by atoms with Crippen molar-refractivity contribution in [3.63, 3.8) is 0 Å². The zero-order valence-corrected chi connectivity index (χ0v) is 18.9. The first-order valence-electron chi connectivity index (χ1n) is 10.7. The van der Waals surface area contributed by atoms with Gasteiger partial charge in [0.05, 0.1) is 6.54 Å². The summed E-state index contributed by atoms with van der Waals surface area (Å²) < 4.78 is 46.0. The molecule has 0 spiro atoms. The van der Waals surface area contributed by atoms with Crippen molar-refractivity contribution in [2.24, 2.45) is 7.05 Å². The largest absolute Gasteiger partial charge is 0.471 e. The standard InChI is InChI=1S/C22H22F3N7O3/c1-3-4-11-32-16-17(28-20(32)31-12-9-26-10-13-31)29-21(30(2)18(16)33)35-15-7-5-14(6-8-15)27-19(34)22(23,24)25/h5-8,26H,9-13H2,1-2H3,(H,27,34). The van der Waals surface area contributed by atoms with Crippen LogP contribution in [0.4, 0.5) is 24.8 Å². The molecule has 1 fully saturated rings. The molecule has 3 aromatic rings. The fourth-order valence-electron chi connectivity index (χ4n) is 3.55. The number of imidazole rings is 1. The molecule has 2 aromatic heterocycles. The fraction of sp³-hybridized carbons (Fsp3) is 0.364. The van der Waals surface area contributed by atoms with Gasteiger partial charge in [-0.3, -0.25) is 18.7 Å². The van der Waals surface area contributed by atoms with E-state index in [0.29, 0.717) is 24.6 Å². The molecule has 4 rings (SSSR count). The predicted molar refractivity (Wildman–Crippen MR) is 123 cm³/mol. The van der Waals surface area contributed by atoms with Crippen molar-refractivity contribution in [3.05, 3.63) is 34.6 Å². The SMILES string of the molecule is CC#CCn1c(N2CCNCC2)nc2nc(Oc3ccc(NC(=O)C(F)(F)F)cc3)n(C)c(=O)c21. The Morgan fingerprint density at radius 3 is 2.51 bits per heavy atom. The summed E-state index contributed by atoms with van der Waals surface area (Å²) >= 11 is 0. The molecule has 0 radical (unpaired) electrons. The normalized spacial score (nSPS) is 13.9. The molecule has 0 aliphatic carbocycles. The molecule has 0 unspecified atom stereocenters. The Balaban J connectivity index is 1.66. The van der Waals surface area contributed by atoms with E-state index < -0.39 is 12.1 Å². The number of nitrogens with one attached hydrogen (secondary N) is 2. The number of rotatable bonds is 5. The number of halogens is 3. The van der Waals surface area contributed by atoms with E-state index in [1.165, 1.54) is 35.9 Å². The average Bonchev–Trinajstić information content (AvgIpc) is 3.20. The van der Waals surface area contributed by atoms with Crippen LogP contribution in [0.1, 0.15) is 6.92 Å². The summed E-state index contributed by atoms with van der Waals surface area (Å²) in [7, 11) is 1.50. The van der Waals surface area contributed by atoms with Gasteiger partial charge < -0.3 is 20.3 Å². The molecular weight excluding hydrogens is 467 g/mol. The van der Waals surface area contributed by atoms with E-state index in [4.69, 9.17) is 4.74 Å². The Bertz CT molecular complexity index is 1360. The molecule has 0 saturated carbocycles. The van der Waals surface area contributed by atoms with Crippen molar-refractivity contribution in [1.29, 1.82) is 0 Å². The van der Waals surface area contributed by atoms with E-state index >= 15 is 0 Å². The highest BCUT2D eigenvalue weighted by Crippen LogP contribution is 2.25. The number of alkyl halides is 3. The van der Waals surface area contributed by atoms with E-state index in [9.17, 15) is 22.8 Å². The summed E-state index contributed by atoms with van der Waals surface area (Å²) in [5.41, 5.74) is 0.0456. The van der Waals surface area contributed by atoms with Crippen molar-refractivity contribution < 1.29 is 22.7 Å². The van der Waals surface area contributed by atoms with Crippen LogP contribution in [0.5, 0.6) is 11.8 Å². The van der Waals surface area contributed by atoms with Crippen LogP contribution in [-0.4, -0.2) is 57.4 Å². The Labute approximate surface area is 197 Å². The third-order valence-electron chi connectivity index (χ3n) is 5.32. The number of anilines is 2. The van der Waals surface area contributed by atoms with Gasteiger partial charge in [-0.05, 0) is 31.2 Å². The van der Waals surface area contributed by atoms with Crippen LogP contribution >= 0.6 is 0 Å². The number of carbonyl (C=O) groups is 1. The van der Waals surface area contributed by atoms with E-state index in [0.717, 1.165) is 13.1 Å². The number of piperazine rings is 1. The second-order valence-corrected chi connectivity index (χ2v) is 7.67. The second-order valence-electron chi connectivity index (χ2n) is 7.67. The maximum atomic E-state index is 13.2. The Hall–Kier alpha value is -4.05. The molecule has 3 heterocycles. The lowest BCUT2D eigenvalue weighted by Crippen LogP contribution is -2.44. The van der Waals surface area contributed by atoms with Crippen LogP contribution < -0.4 is 25.8 Å². The van der Waals surface area contributed by atoms with Crippen molar-refractivity contribution in [2.45, 2.75) is 19.6 Å². The van der Waals surface area contributed by atoms with Crippen LogP contribution in [0.2, 0.25) is 0 Å². The topological polar surface area (TPSA) is 106 Å². The molecule has 0 atom stereocenters. The van der Waals surface area contributed by atoms with E-state index in [1.807, 2.05) is 0 Å². The first kappa shape index (κ1) is 24.1. The summed E-state index contributed by atoms with van der Waals surface area (Å²) in [5.74, 6) is 4.52. The Morgan fingerprint density at radius 2 is 1.89 bits per heavy atom. The minimum absolute atomic E-state index is 0.0485. The number of aromatic nitrogens is 4. The zero-order valence-electron chi connectivity index (χ0n) is 18.9. The fourth-order valence-corrected chi connectivity index (χ4v) is 3.55. The van der Waals surface area contributed by atoms with E-state index in [-0.39, 0.29) is 35.2 Å². The van der Waals surface area contributed by atoms with Crippen molar-refractivity contribution >= 4 is 28.7 Å². The number of ether oxygens (including phenoxy) is 1. The minimum Gasteiger partial charge on any atom is -0.425 e. The summed E-state index contributed by atoms with van der Waals surface area (Å²) in [6.45, 7) is 4.97. The van der Waals surface area contributed by atoms with Gasteiger partial charge in [-0.25, -0.2) is 0 Å². The molecule has 0 bridgehead atoms. The van der Waals surface area contributed by atoms with Gasteiger partial charge in [0, 0.05) is 38.9 Å². The van der Waals surface area contributed by atoms with Gasteiger partial charge in [0.1, 0.15) is 5.75 Å². The maximum Gasteiger partial charge on any atom is 0.471 e. The highest BCUT2D eigenvalue weighted by atomic mass is 19.4. The van der Waals surface area contributed by atoms with Gasteiger partial charge in [0.15, 0.2) is 11.2 Å². The first-order valence-corrected chi connectivity index (χ1v) is 10.7. The lowest BCUT2D eigenvalue weighted by molar-refractivity contribution is -0.167. The van der Waals surface area contributed by atoms with Crippen molar-refractivity contribution in [2.75, 3.05) is 36.4 Å². The van der Waals surface area contributed by atoms with Crippen LogP contribution in [-0.2, 0) is 18.4 Å². The van der Waals surface area contributed by atoms with Gasteiger partial charge in [-0.1, -0.05) is 5.92 Å². The quantitative estimate of drug-likeness (QED) is 0.527. The first-order chi connectivity index (χ1) is 16.7.